The zero-order valence-electron chi connectivity index (χ0n) is 18.4. The van der Waals surface area contributed by atoms with Gasteiger partial charge in [-0.15, -0.1) is 0 Å². The predicted octanol–water partition coefficient (Wildman–Crippen LogP) is 6.63. The van der Waals surface area contributed by atoms with Gasteiger partial charge >= 0.3 is 0 Å². The number of halogens is 1. The molecule has 4 aromatic carbocycles. The lowest BCUT2D eigenvalue weighted by molar-refractivity contribution is -0.112. The molecule has 0 atom stereocenters. The van der Waals surface area contributed by atoms with Crippen molar-refractivity contribution >= 4 is 40.0 Å². The Hall–Kier alpha value is -4.27. The monoisotopic (exact) mass is 468 g/mol. The van der Waals surface area contributed by atoms with Crippen LogP contribution in [-0.2, 0) is 11.4 Å². The van der Waals surface area contributed by atoms with Crippen LogP contribution in [0.4, 0.5) is 5.69 Å². The van der Waals surface area contributed by atoms with E-state index in [9.17, 15) is 10.1 Å². The van der Waals surface area contributed by atoms with E-state index in [-0.39, 0.29) is 5.57 Å². The number of para-hydroxylation sites is 1. The van der Waals surface area contributed by atoms with Crippen LogP contribution >= 0.6 is 11.6 Å². The summed E-state index contributed by atoms with van der Waals surface area (Å²) in [5.74, 6) is 0.509. The number of benzene rings is 4. The Morgan fingerprint density at radius 1 is 1.00 bits per heavy atom. The van der Waals surface area contributed by atoms with Crippen LogP contribution in [-0.4, -0.2) is 13.0 Å². The van der Waals surface area contributed by atoms with Crippen molar-refractivity contribution in [1.82, 2.24) is 0 Å². The smallest absolute Gasteiger partial charge is 0.266 e. The Balaban J connectivity index is 1.53. The summed E-state index contributed by atoms with van der Waals surface area (Å²) in [4.78, 5) is 12.6. The summed E-state index contributed by atoms with van der Waals surface area (Å²) in [6.45, 7) is 0.372. The summed E-state index contributed by atoms with van der Waals surface area (Å²) < 4.78 is 11.5. The Morgan fingerprint density at radius 2 is 1.76 bits per heavy atom. The molecule has 0 spiro atoms. The van der Waals surface area contributed by atoms with Gasteiger partial charge in [0.15, 0.2) is 11.5 Å². The van der Waals surface area contributed by atoms with Gasteiger partial charge in [0.2, 0.25) is 0 Å². The molecule has 0 saturated heterocycles. The van der Waals surface area contributed by atoms with E-state index in [1.165, 1.54) is 6.08 Å². The summed E-state index contributed by atoms with van der Waals surface area (Å²) in [5, 5.41) is 14.8. The first-order valence-corrected chi connectivity index (χ1v) is 10.9. The second kappa shape index (κ2) is 10.6. The van der Waals surface area contributed by atoms with Crippen molar-refractivity contribution in [3.63, 3.8) is 0 Å². The predicted molar refractivity (Wildman–Crippen MR) is 135 cm³/mol. The molecule has 0 aromatic heterocycles. The molecule has 0 fully saturated rings. The normalized spacial score (nSPS) is 11.0. The summed E-state index contributed by atoms with van der Waals surface area (Å²) in [6, 6.07) is 28.3. The summed E-state index contributed by atoms with van der Waals surface area (Å²) in [5.41, 5.74) is 2.06. The Bertz CT molecular complexity index is 1420. The molecule has 168 valence electrons. The number of hydrogen-bond donors (Lipinski definition) is 1. The third-order valence-electron chi connectivity index (χ3n) is 5.25. The van der Waals surface area contributed by atoms with Gasteiger partial charge in [0.05, 0.1) is 17.8 Å². The van der Waals surface area contributed by atoms with Crippen molar-refractivity contribution in [2.24, 2.45) is 0 Å². The zero-order chi connectivity index (χ0) is 23.9. The molecule has 0 aliphatic carbocycles. The summed E-state index contributed by atoms with van der Waals surface area (Å²) in [7, 11) is 1.54. The van der Waals surface area contributed by atoms with Crippen molar-refractivity contribution in [2.75, 3.05) is 12.4 Å². The number of ether oxygens (including phenoxy) is 2. The molecule has 0 aliphatic rings. The Labute approximate surface area is 202 Å². The van der Waals surface area contributed by atoms with Gasteiger partial charge in [-0.3, -0.25) is 4.79 Å². The lowest BCUT2D eigenvalue weighted by Crippen LogP contribution is -2.13. The van der Waals surface area contributed by atoms with Gasteiger partial charge in [-0.05, 0) is 52.2 Å². The highest BCUT2D eigenvalue weighted by molar-refractivity contribution is 6.34. The number of nitrogens with zero attached hydrogens (tertiary/aromatic N) is 1. The van der Waals surface area contributed by atoms with Crippen molar-refractivity contribution < 1.29 is 14.3 Å². The first-order valence-electron chi connectivity index (χ1n) is 10.5. The topological polar surface area (TPSA) is 71.3 Å². The highest BCUT2D eigenvalue weighted by Gasteiger charge is 2.13. The molecule has 1 amide bonds. The fourth-order valence-electron chi connectivity index (χ4n) is 3.53. The fraction of sp³-hybridized carbons (Fsp3) is 0.0714. The van der Waals surface area contributed by atoms with Gasteiger partial charge < -0.3 is 14.8 Å². The van der Waals surface area contributed by atoms with Gasteiger partial charge in [0.1, 0.15) is 18.2 Å². The van der Waals surface area contributed by atoms with Gasteiger partial charge in [-0.1, -0.05) is 72.3 Å². The van der Waals surface area contributed by atoms with E-state index in [1.807, 2.05) is 30.3 Å². The quantitative estimate of drug-likeness (QED) is 0.244. The second-order valence-electron chi connectivity index (χ2n) is 7.44. The summed E-state index contributed by atoms with van der Waals surface area (Å²) in [6.07, 6.45) is 1.49. The van der Waals surface area contributed by atoms with Crippen molar-refractivity contribution in [3.8, 4) is 17.6 Å². The lowest BCUT2D eigenvalue weighted by atomic mass is 10.1. The van der Waals surface area contributed by atoms with Crippen LogP contribution in [0.1, 0.15) is 11.1 Å². The molecule has 5 nitrogen and oxygen atoms in total. The van der Waals surface area contributed by atoms with Gasteiger partial charge in [0.25, 0.3) is 5.91 Å². The van der Waals surface area contributed by atoms with Gasteiger partial charge in [-0.2, -0.15) is 5.26 Å². The van der Waals surface area contributed by atoms with Crippen LogP contribution in [0.3, 0.4) is 0 Å². The van der Waals surface area contributed by atoms with Crippen LogP contribution in [0, 0.1) is 11.3 Å². The van der Waals surface area contributed by atoms with E-state index in [4.69, 9.17) is 21.1 Å². The van der Waals surface area contributed by atoms with Crippen LogP contribution in [0.5, 0.6) is 11.5 Å². The minimum Gasteiger partial charge on any atom is -0.493 e. The number of rotatable bonds is 7. The van der Waals surface area contributed by atoms with E-state index in [0.717, 1.165) is 16.3 Å². The number of methoxy groups -OCH3 is 1. The van der Waals surface area contributed by atoms with Gasteiger partial charge in [0, 0.05) is 0 Å². The maximum atomic E-state index is 12.6. The first-order chi connectivity index (χ1) is 16.6. The Morgan fingerprint density at radius 3 is 2.56 bits per heavy atom. The molecule has 0 aliphatic heterocycles. The number of anilines is 1. The van der Waals surface area contributed by atoms with Crippen molar-refractivity contribution in [1.29, 1.82) is 5.26 Å². The SMILES string of the molecule is COc1cc(/C=C(\C#N)C(=O)Nc2ccccc2Cl)ccc1OCc1cccc2ccccc12. The molecule has 0 bridgehead atoms. The van der Waals surface area contributed by atoms with E-state index in [0.29, 0.717) is 34.4 Å². The third kappa shape index (κ3) is 5.20. The molecule has 0 heterocycles. The van der Waals surface area contributed by atoms with Gasteiger partial charge in [-0.25, -0.2) is 0 Å². The Kier molecular flexibility index (Phi) is 7.12. The minimum atomic E-state index is -0.550. The molecule has 34 heavy (non-hydrogen) atoms. The van der Waals surface area contributed by atoms with Crippen LogP contribution in [0.15, 0.2) is 90.5 Å². The molecule has 4 rings (SSSR count). The number of hydrogen-bond acceptors (Lipinski definition) is 4. The van der Waals surface area contributed by atoms with E-state index in [2.05, 4.69) is 23.5 Å². The molecule has 0 saturated carbocycles. The third-order valence-corrected chi connectivity index (χ3v) is 5.58. The van der Waals surface area contributed by atoms with E-state index < -0.39 is 5.91 Å². The number of amides is 1. The maximum Gasteiger partial charge on any atom is 0.266 e. The average Bonchev–Trinajstić information content (AvgIpc) is 2.87. The summed E-state index contributed by atoms with van der Waals surface area (Å²) >= 11 is 6.09. The number of fused-ring (bicyclic) bond motifs is 1. The average molecular weight is 469 g/mol. The van der Waals surface area contributed by atoms with Crippen molar-refractivity contribution in [3.05, 3.63) is 107 Å². The highest BCUT2D eigenvalue weighted by atomic mass is 35.5. The highest BCUT2D eigenvalue weighted by Crippen LogP contribution is 2.31. The molecular weight excluding hydrogens is 448 g/mol. The lowest BCUT2D eigenvalue weighted by Gasteiger charge is -2.13. The zero-order valence-corrected chi connectivity index (χ0v) is 19.2. The van der Waals surface area contributed by atoms with Crippen LogP contribution < -0.4 is 14.8 Å². The maximum absolute atomic E-state index is 12.6. The molecule has 0 unspecified atom stereocenters. The number of nitrogens with one attached hydrogen (secondary N) is 1. The molecule has 0 radical (unpaired) electrons. The number of carbonyl (C=O) groups is 1. The molecule has 1 N–H and O–H groups in total. The van der Waals surface area contributed by atoms with E-state index in [1.54, 1.807) is 49.6 Å². The fourth-order valence-corrected chi connectivity index (χ4v) is 3.72. The molecule has 4 aromatic rings. The molecule has 6 heteroatoms. The second-order valence-corrected chi connectivity index (χ2v) is 7.85. The van der Waals surface area contributed by atoms with Crippen LogP contribution in [0.25, 0.3) is 16.8 Å². The van der Waals surface area contributed by atoms with Crippen LogP contribution in [0.2, 0.25) is 5.02 Å². The minimum absolute atomic E-state index is 0.0635. The molecular formula is C28H21ClN2O3. The standard InChI is InChI=1S/C28H21ClN2O3/c1-33-27-16-19(15-22(17-30)28(32)31-25-12-5-4-11-24(25)29)13-14-26(27)34-18-21-9-6-8-20-7-2-3-10-23(20)21/h2-16H,18H2,1H3,(H,31,32)/b22-15+. The van der Waals surface area contributed by atoms with E-state index >= 15 is 0 Å². The number of carbonyl (C=O) groups excluding carboxylic acids is 1. The first kappa shape index (κ1) is 22.9. The number of nitriles is 1. The largest absolute Gasteiger partial charge is 0.493 e. The van der Waals surface area contributed by atoms with Crippen molar-refractivity contribution in [2.45, 2.75) is 6.61 Å².